The van der Waals surface area contributed by atoms with Crippen LogP contribution in [0.5, 0.6) is 11.5 Å². The summed E-state index contributed by atoms with van der Waals surface area (Å²) in [4.78, 5) is 33.7. The van der Waals surface area contributed by atoms with Crippen molar-refractivity contribution in [1.82, 2.24) is 15.2 Å². The molecule has 1 aliphatic rings. The maximum absolute atomic E-state index is 12.6. The van der Waals surface area contributed by atoms with E-state index in [0.29, 0.717) is 16.4 Å². The Kier molecular flexibility index (Phi) is 6.92. The molecule has 3 heterocycles. The predicted molar refractivity (Wildman–Crippen MR) is 131 cm³/mol. The summed E-state index contributed by atoms with van der Waals surface area (Å²) in [5.41, 5.74) is 4.11. The zero-order valence-corrected chi connectivity index (χ0v) is 19.8. The molecule has 1 aliphatic heterocycles. The lowest BCUT2D eigenvalue weighted by atomic mass is 10.1. The van der Waals surface area contributed by atoms with Crippen molar-refractivity contribution in [3.63, 3.8) is 0 Å². The largest absolute Gasteiger partial charge is 0.481 e. The number of nitrogens with zero attached hydrogens (tertiary/aromatic N) is 4. The molecule has 0 unspecified atom stereocenters. The summed E-state index contributed by atoms with van der Waals surface area (Å²) < 4.78 is 12.2. The number of carbonyl (C=O) groups excluding carboxylic acids is 1. The number of nitro benzene ring substituents is 1. The van der Waals surface area contributed by atoms with Gasteiger partial charge in [0.25, 0.3) is 17.6 Å². The number of nitrogens with one attached hydrogen (secondary N) is 1. The van der Waals surface area contributed by atoms with Crippen LogP contribution in [0.2, 0.25) is 0 Å². The third-order valence-electron chi connectivity index (χ3n) is 4.86. The number of carbonyl (C=O) groups is 2. The standard InChI is InChI=1S/C21H15N5O5S.C2H4O2/c1-12-15-8-19(32-21(15)25(24-12)14-5-3-2-4-6-14)20(27)23-22-10-13-7-17-18(31-11-30-17)9-16(13)26(28)29;1-2(3)4/h2-10H,11H2,1H3,(H,23,27);1H3,(H,3,4). The van der Waals surface area contributed by atoms with Gasteiger partial charge in [0, 0.05) is 12.3 Å². The maximum atomic E-state index is 12.6. The van der Waals surface area contributed by atoms with Crippen molar-refractivity contribution in [1.29, 1.82) is 0 Å². The van der Waals surface area contributed by atoms with Crippen molar-refractivity contribution < 1.29 is 29.1 Å². The van der Waals surface area contributed by atoms with Crippen molar-refractivity contribution in [2.45, 2.75) is 13.8 Å². The predicted octanol–water partition coefficient (Wildman–Crippen LogP) is 3.89. The first-order valence-electron chi connectivity index (χ1n) is 10.4. The van der Waals surface area contributed by atoms with E-state index < -0.39 is 16.8 Å². The molecular formula is C23H19N5O7S. The monoisotopic (exact) mass is 509 g/mol. The molecule has 0 spiro atoms. The summed E-state index contributed by atoms with van der Waals surface area (Å²) in [7, 11) is 0. The highest BCUT2D eigenvalue weighted by molar-refractivity contribution is 7.20. The van der Waals surface area contributed by atoms with Crippen LogP contribution in [0.25, 0.3) is 15.9 Å². The van der Waals surface area contributed by atoms with E-state index in [-0.39, 0.29) is 18.0 Å². The van der Waals surface area contributed by atoms with E-state index in [0.717, 1.165) is 28.5 Å². The van der Waals surface area contributed by atoms with Crippen LogP contribution in [0.1, 0.15) is 27.9 Å². The quantitative estimate of drug-likeness (QED) is 0.233. The van der Waals surface area contributed by atoms with Gasteiger partial charge in [-0.3, -0.25) is 19.7 Å². The molecule has 2 aromatic heterocycles. The second-order valence-corrected chi connectivity index (χ2v) is 8.43. The van der Waals surface area contributed by atoms with Crippen molar-refractivity contribution in [3.8, 4) is 17.2 Å². The zero-order valence-electron chi connectivity index (χ0n) is 19.0. The lowest BCUT2D eigenvalue weighted by Crippen LogP contribution is -2.16. The number of thiophene rings is 1. The molecule has 1 amide bonds. The molecule has 0 atom stereocenters. The van der Waals surface area contributed by atoms with E-state index in [1.54, 1.807) is 10.7 Å². The number of carboxylic acid groups (broad SMARTS) is 1. The minimum Gasteiger partial charge on any atom is -0.481 e. The summed E-state index contributed by atoms with van der Waals surface area (Å²) in [6, 6.07) is 14.1. The smallest absolute Gasteiger partial charge is 0.300 e. The number of amides is 1. The molecule has 0 saturated carbocycles. The first kappa shape index (κ1) is 24.3. The van der Waals surface area contributed by atoms with Gasteiger partial charge in [-0.1, -0.05) is 18.2 Å². The van der Waals surface area contributed by atoms with Gasteiger partial charge in [0.15, 0.2) is 11.5 Å². The van der Waals surface area contributed by atoms with Gasteiger partial charge in [-0.25, -0.2) is 10.1 Å². The van der Waals surface area contributed by atoms with Crippen molar-refractivity contribution in [2.75, 3.05) is 6.79 Å². The van der Waals surface area contributed by atoms with Crippen molar-refractivity contribution in [2.24, 2.45) is 5.10 Å². The molecular weight excluding hydrogens is 490 g/mol. The molecule has 0 aliphatic carbocycles. The summed E-state index contributed by atoms with van der Waals surface area (Å²) in [5.74, 6) is -0.579. The SMILES string of the molecule is CC(=O)O.Cc1nn(-c2ccccc2)c2sc(C(=O)NN=Cc3cc4c(cc3[N+](=O)[O-])OCO4)cc12. The van der Waals surface area contributed by atoms with Crippen LogP contribution < -0.4 is 14.9 Å². The lowest BCUT2D eigenvalue weighted by molar-refractivity contribution is -0.385. The van der Waals surface area contributed by atoms with Gasteiger partial charge in [0.2, 0.25) is 6.79 Å². The van der Waals surface area contributed by atoms with E-state index in [1.807, 2.05) is 37.3 Å². The highest BCUT2D eigenvalue weighted by Gasteiger charge is 2.23. The molecule has 5 rings (SSSR count). The molecule has 0 fully saturated rings. The second kappa shape index (κ2) is 10.2. The number of para-hydroxylation sites is 1. The Morgan fingerprint density at radius 2 is 1.89 bits per heavy atom. The summed E-state index contributed by atoms with van der Waals surface area (Å²) in [5, 5.41) is 28.1. The van der Waals surface area contributed by atoms with Gasteiger partial charge < -0.3 is 14.6 Å². The van der Waals surface area contributed by atoms with Gasteiger partial charge in [-0.15, -0.1) is 11.3 Å². The van der Waals surface area contributed by atoms with Crippen LogP contribution >= 0.6 is 11.3 Å². The van der Waals surface area contributed by atoms with Crippen LogP contribution in [0.3, 0.4) is 0 Å². The summed E-state index contributed by atoms with van der Waals surface area (Å²) in [6.45, 7) is 2.96. The Bertz CT molecular complexity index is 1490. The fraction of sp³-hybridized carbons (Fsp3) is 0.130. The topological polar surface area (TPSA) is 158 Å². The maximum Gasteiger partial charge on any atom is 0.300 e. The Balaban J connectivity index is 0.000000709. The van der Waals surface area contributed by atoms with Crippen LogP contribution in [0, 0.1) is 17.0 Å². The number of nitro groups is 1. The molecule has 13 heteroatoms. The van der Waals surface area contributed by atoms with Crippen LogP contribution in [0.4, 0.5) is 5.69 Å². The van der Waals surface area contributed by atoms with Crippen LogP contribution in [-0.4, -0.2) is 44.7 Å². The minimum atomic E-state index is -0.833. The molecule has 2 N–H and O–H groups in total. The number of aryl methyl sites for hydroxylation is 1. The van der Waals surface area contributed by atoms with Crippen LogP contribution in [-0.2, 0) is 4.79 Å². The molecule has 0 radical (unpaired) electrons. The first-order valence-corrected chi connectivity index (χ1v) is 11.2. The van der Waals surface area contributed by atoms with E-state index in [4.69, 9.17) is 19.4 Å². The van der Waals surface area contributed by atoms with Gasteiger partial charge in [0.05, 0.1) is 39.0 Å². The van der Waals surface area contributed by atoms with E-state index in [2.05, 4.69) is 15.6 Å². The zero-order chi connectivity index (χ0) is 25.8. The third-order valence-corrected chi connectivity index (χ3v) is 5.97. The fourth-order valence-corrected chi connectivity index (χ4v) is 4.40. The number of hydrogen-bond donors (Lipinski definition) is 2. The molecule has 4 aromatic rings. The fourth-order valence-electron chi connectivity index (χ4n) is 3.33. The number of aliphatic carboxylic acids is 1. The summed E-state index contributed by atoms with van der Waals surface area (Å²) in [6.07, 6.45) is 1.21. The van der Waals surface area contributed by atoms with E-state index >= 15 is 0 Å². The molecule has 12 nitrogen and oxygen atoms in total. The number of ether oxygens (including phenoxy) is 2. The number of aromatic nitrogens is 2. The Labute approximate surface area is 207 Å². The molecule has 2 aromatic carbocycles. The van der Waals surface area contributed by atoms with E-state index in [1.165, 1.54) is 29.7 Å². The highest BCUT2D eigenvalue weighted by atomic mass is 32.1. The highest BCUT2D eigenvalue weighted by Crippen LogP contribution is 2.37. The average molecular weight is 510 g/mol. The van der Waals surface area contributed by atoms with Gasteiger partial charge in [-0.05, 0) is 31.2 Å². The minimum absolute atomic E-state index is 0.00438. The van der Waals surface area contributed by atoms with Gasteiger partial charge in [0.1, 0.15) is 4.83 Å². The first-order chi connectivity index (χ1) is 17.2. The summed E-state index contributed by atoms with van der Waals surface area (Å²) >= 11 is 1.29. The van der Waals surface area contributed by atoms with Crippen molar-refractivity contribution in [3.05, 3.63) is 74.8 Å². The van der Waals surface area contributed by atoms with Crippen LogP contribution in [0.15, 0.2) is 53.6 Å². The molecule has 0 bridgehead atoms. The number of hydrogen-bond acceptors (Lipinski definition) is 9. The Hall–Kier alpha value is -4.78. The third kappa shape index (κ3) is 5.15. The number of rotatable bonds is 5. The van der Waals surface area contributed by atoms with Gasteiger partial charge in [-0.2, -0.15) is 10.2 Å². The number of carboxylic acids is 1. The van der Waals surface area contributed by atoms with E-state index in [9.17, 15) is 14.9 Å². The number of benzene rings is 2. The second-order valence-electron chi connectivity index (χ2n) is 7.40. The number of fused-ring (bicyclic) bond motifs is 2. The van der Waals surface area contributed by atoms with Gasteiger partial charge >= 0.3 is 0 Å². The molecule has 184 valence electrons. The Morgan fingerprint density at radius 1 is 1.22 bits per heavy atom. The lowest BCUT2D eigenvalue weighted by Gasteiger charge is -2.01. The normalized spacial score (nSPS) is 11.8. The molecule has 0 saturated heterocycles. The molecule has 36 heavy (non-hydrogen) atoms. The Morgan fingerprint density at radius 3 is 2.56 bits per heavy atom. The number of hydrazone groups is 1. The average Bonchev–Trinajstić information content (AvgIpc) is 3.55. The van der Waals surface area contributed by atoms with Crippen molar-refractivity contribution >= 4 is 45.3 Å².